The first-order valence-electron chi connectivity index (χ1n) is 13.7. The summed E-state index contributed by atoms with van der Waals surface area (Å²) in [4.78, 5) is 27.7. The lowest BCUT2D eigenvalue weighted by molar-refractivity contribution is -0.104. The molecule has 0 saturated heterocycles. The predicted molar refractivity (Wildman–Crippen MR) is 157 cm³/mol. The number of carbonyl (C=O) groups is 2. The monoisotopic (exact) mass is 546 g/mol. The van der Waals surface area contributed by atoms with Crippen LogP contribution in [0.15, 0.2) is 84.9 Å². The first kappa shape index (κ1) is 30.9. The number of carbonyl (C=O) groups excluding carboxylic acids is 2. The van der Waals surface area contributed by atoms with E-state index in [2.05, 4.69) is 12.1 Å². The summed E-state index contributed by atoms with van der Waals surface area (Å²) < 4.78 is 11.2. The van der Waals surface area contributed by atoms with Crippen LogP contribution in [0.4, 0.5) is 9.59 Å². The maximum absolute atomic E-state index is 13.3. The van der Waals surface area contributed by atoms with Gasteiger partial charge in [-0.2, -0.15) is 5.06 Å². The van der Waals surface area contributed by atoms with E-state index in [1.165, 1.54) is 5.06 Å². The maximum atomic E-state index is 13.3. The van der Waals surface area contributed by atoms with Crippen LogP contribution in [0.25, 0.3) is 11.1 Å². The van der Waals surface area contributed by atoms with Crippen molar-refractivity contribution in [2.75, 3.05) is 6.54 Å². The number of amides is 2. The standard InChI is InChI=1S/C33H42N2O5/c1-32(2,3)39-30(36)35(31(37)40-33(4,5)6)29(23-25-13-9-7-10-14-25)21-22-34(38)24-26-17-19-28(20-18-26)27-15-11-8-12-16-27/h7-20,29,38H,21-24H2,1-6H3/t29-/m1/s1. The Morgan fingerprint density at radius 2 is 1.18 bits per heavy atom. The smallest absolute Gasteiger partial charge is 0.420 e. The fourth-order valence-corrected chi connectivity index (χ4v) is 4.22. The van der Waals surface area contributed by atoms with Crippen LogP contribution >= 0.6 is 0 Å². The largest absolute Gasteiger partial charge is 0.443 e. The molecule has 3 rings (SSSR count). The van der Waals surface area contributed by atoms with Crippen LogP contribution in [0.5, 0.6) is 0 Å². The number of rotatable bonds is 9. The van der Waals surface area contributed by atoms with Crippen LogP contribution in [-0.2, 0) is 22.4 Å². The van der Waals surface area contributed by atoms with Crippen molar-refractivity contribution in [2.45, 2.75) is 78.2 Å². The zero-order valence-electron chi connectivity index (χ0n) is 24.5. The average Bonchev–Trinajstić information content (AvgIpc) is 2.87. The van der Waals surface area contributed by atoms with Crippen LogP contribution in [0.1, 0.15) is 59.1 Å². The Morgan fingerprint density at radius 1 is 0.700 bits per heavy atom. The van der Waals surface area contributed by atoms with Gasteiger partial charge in [0.2, 0.25) is 0 Å². The Labute approximate surface area is 238 Å². The zero-order valence-corrected chi connectivity index (χ0v) is 24.5. The molecule has 0 fully saturated rings. The molecule has 2 amide bonds. The van der Waals surface area contributed by atoms with Crippen molar-refractivity contribution in [1.82, 2.24) is 9.96 Å². The molecule has 0 aliphatic rings. The summed E-state index contributed by atoms with van der Waals surface area (Å²) in [6.45, 7) is 11.0. The summed E-state index contributed by atoms with van der Waals surface area (Å²) in [6.07, 6.45) is -0.849. The third kappa shape index (κ3) is 10.1. The Bertz CT molecular complexity index is 1190. The molecule has 1 atom stereocenters. The van der Waals surface area contributed by atoms with E-state index >= 15 is 0 Å². The topological polar surface area (TPSA) is 79.3 Å². The second-order valence-electron chi connectivity index (χ2n) is 11.9. The number of hydroxylamine groups is 2. The highest BCUT2D eigenvalue weighted by Crippen LogP contribution is 2.22. The van der Waals surface area contributed by atoms with E-state index in [1.807, 2.05) is 72.8 Å². The summed E-state index contributed by atoms with van der Waals surface area (Å²) in [6, 6.07) is 27.2. The van der Waals surface area contributed by atoms with Crippen molar-refractivity contribution in [2.24, 2.45) is 0 Å². The van der Waals surface area contributed by atoms with Gasteiger partial charge < -0.3 is 14.7 Å². The summed E-state index contributed by atoms with van der Waals surface area (Å²) in [5.74, 6) is 0. The van der Waals surface area contributed by atoms with E-state index in [1.54, 1.807) is 41.5 Å². The van der Waals surface area contributed by atoms with Crippen molar-refractivity contribution >= 4 is 12.2 Å². The molecule has 0 saturated carbocycles. The van der Waals surface area contributed by atoms with Crippen LogP contribution in [-0.4, -0.2) is 51.1 Å². The first-order chi connectivity index (χ1) is 18.8. The molecule has 3 aromatic carbocycles. The SMILES string of the molecule is CC(C)(C)OC(=O)N(C(=O)OC(C)(C)C)[C@H](CCN(O)Cc1ccc(-c2ccccc2)cc1)Cc1ccccc1. The van der Waals surface area contributed by atoms with Gasteiger partial charge in [-0.3, -0.25) is 0 Å². The minimum absolute atomic E-state index is 0.222. The lowest BCUT2D eigenvalue weighted by Gasteiger charge is -2.34. The molecule has 0 unspecified atom stereocenters. The number of hydrogen-bond donors (Lipinski definition) is 1. The highest BCUT2D eigenvalue weighted by Gasteiger charge is 2.36. The van der Waals surface area contributed by atoms with E-state index in [9.17, 15) is 14.8 Å². The minimum atomic E-state index is -0.802. The number of nitrogens with zero attached hydrogens (tertiary/aromatic N) is 2. The molecule has 0 radical (unpaired) electrons. The fourth-order valence-electron chi connectivity index (χ4n) is 4.22. The fraction of sp³-hybridized carbons (Fsp3) is 0.394. The van der Waals surface area contributed by atoms with E-state index < -0.39 is 29.4 Å². The second-order valence-corrected chi connectivity index (χ2v) is 11.9. The van der Waals surface area contributed by atoms with E-state index in [0.717, 1.165) is 27.2 Å². The molecular formula is C33H42N2O5. The van der Waals surface area contributed by atoms with Gasteiger partial charge in [-0.15, -0.1) is 0 Å². The van der Waals surface area contributed by atoms with E-state index in [0.29, 0.717) is 19.4 Å². The molecule has 0 aliphatic heterocycles. The van der Waals surface area contributed by atoms with Crippen LogP contribution in [0, 0.1) is 0 Å². The molecule has 3 aromatic rings. The maximum Gasteiger partial charge on any atom is 0.420 e. The molecule has 214 valence electrons. The summed E-state index contributed by atoms with van der Waals surface area (Å²) in [5, 5.41) is 12.0. The van der Waals surface area contributed by atoms with Gasteiger partial charge in [0, 0.05) is 13.1 Å². The third-order valence-electron chi connectivity index (χ3n) is 6.01. The molecule has 0 aromatic heterocycles. The van der Waals surface area contributed by atoms with Crippen LogP contribution in [0.2, 0.25) is 0 Å². The van der Waals surface area contributed by atoms with Crippen LogP contribution < -0.4 is 0 Å². The molecule has 0 aliphatic carbocycles. The van der Waals surface area contributed by atoms with Gasteiger partial charge in [0.25, 0.3) is 0 Å². The average molecular weight is 547 g/mol. The van der Waals surface area contributed by atoms with E-state index in [-0.39, 0.29) is 6.54 Å². The van der Waals surface area contributed by atoms with Crippen molar-refractivity contribution < 1.29 is 24.3 Å². The molecule has 0 heterocycles. The Morgan fingerprint density at radius 3 is 1.68 bits per heavy atom. The van der Waals surface area contributed by atoms with Crippen LogP contribution in [0.3, 0.4) is 0 Å². The van der Waals surface area contributed by atoms with Crippen molar-refractivity contribution in [3.8, 4) is 11.1 Å². The highest BCUT2D eigenvalue weighted by molar-refractivity contribution is 5.88. The van der Waals surface area contributed by atoms with Gasteiger partial charge in [-0.25, -0.2) is 14.5 Å². The molecule has 0 spiro atoms. The van der Waals surface area contributed by atoms with Gasteiger partial charge in [-0.1, -0.05) is 84.9 Å². The number of benzene rings is 3. The van der Waals surface area contributed by atoms with Gasteiger partial charge in [0.05, 0.1) is 6.04 Å². The highest BCUT2D eigenvalue weighted by atomic mass is 16.6. The molecule has 1 N–H and O–H groups in total. The molecule has 7 heteroatoms. The van der Waals surface area contributed by atoms with Gasteiger partial charge in [0.1, 0.15) is 11.2 Å². The van der Waals surface area contributed by atoms with Gasteiger partial charge in [0.15, 0.2) is 0 Å². The number of hydrogen-bond acceptors (Lipinski definition) is 6. The molecule has 40 heavy (non-hydrogen) atoms. The quantitative estimate of drug-likeness (QED) is 0.277. The lowest BCUT2D eigenvalue weighted by Crippen LogP contribution is -2.50. The Kier molecular flexibility index (Phi) is 10.5. The Hall–Kier alpha value is -3.68. The zero-order chi connectivity index (χ0) is 29.3. The molecule has 7 nitrogen and oxygen atoms in total. The summed E-state index contributed by atoms with van der Waals surface area (Å²) >= 11 is 0. The van der Waals surface area contributed by atoms with Crippen molar-refractivity contribution in [1.29, 1.82) is 0 Å². The third-order valence-corrected chi connectivity index (χ3v) is 6.01. The van der Waals surface area contributed by atoms with Gasteiger partial charge >= 0.3 is 12.2 Å². The normalized spacial score (nSPS) is 12.6. The minimum Gasteiger partial charge on any atom is -0.443 e. The number of imide groups is 1. The lowest BCUT2D eigenvalue weighted by atomic mass is 10.0. The Balaban J connectivity index is 1.78. The predicted octanol–water partition coefficient (Wildman–Crippen LogP) is 7.72. The van der Waals surface area contributed by atoms with Gasteiger partial charge in [-0.05, 0) is 76.6 Å². The van der Waals surface area contributed by atoms with E-state index in [4.69, 9.17) is 9.47 Å². The van der Waals surface area contributed by atoms with Crippen molar-refractivity contribution in [3.63, 3.8) is 0 Å². The second kappa shape index (κ2) is 13.6. The first-order valence-corrected chi connectivity index (χ1v) is 13.7. The number of ether oxygens (including phenoxy) is 2. The summed E-state index contributed by atoms with van der Waals surface area (Å²) in [5.41, 5.74) is 2.52. The molecular weight excluding hydrogens is 504 g/mol. The van der Waals surface area contributed by atoms with Crippen molar-refractivity contribution in [3.05, 3.63) is 96.1 Å². The molecule has 0 bridgehead atoms. The summed E-state index contributed by atoms with van der Waals surface area (Å²) in [7, 11) is 0.